The lowest BCUT2D eigenvalue weighted by Crippen LogP contribution is -2.21. The van der Waals surface area contributed by atoms with Crippen molar-refractivity contribution in [3.63, 3.8) is 0 Å². The van der Waals surface area contributed by atoms with Crippen LogP contribution in [0.5, 0.6) is 0 Å². The maximum atomic E-state index is 13.0. The Labute approximate surface area is 119 Å². The van der Waals surface area contributed by atoms with E-state index in [0.29, 0.717) is 6.04 Å². The average Bonchev–Trinajstić information content (AvgIpc) is 2.75. The first-order valence-corrected chi connectivity index (χ1v) is 7.44. The van der Waals surface area contributed by atoms with Crippen LogP contribution in [0.4, 0.5) is 4.39 Å². The van der Waals surface area contributed by atoms with E-state index in [0.717, 1.165) is 21.5 Å². The van der Waals surface area contributed by atoms with Crippen molar-refractivity contribution in [2.75, 3.05) is 0 Å². The molecule has 1 N–H and O–H groups in total. The molecule has 1 nitrogen and oxygen atoms in total. The molecule has 0 radical (unpaired) electrons. The summed E-state index contributed by atoms with van der Waals surface area (Å²) in [5, 5.41) is 3.39. The standard InChI is InChI=1S/C14H15BrFNS/c1-9(2)17-8-11-4-6-14(18-11)12-5-3-10(16)7-13(12)15/h3-7,9,17H,8H2,1-2H3. The van der Waals surface area contributed by atoms with Gasteiger partial charge < -0.3 is 5.32 Å². The molecule has 0 atom stereocenters. The Morgan fingerprint density at radius 2 is 2.06 bits per heavy atom. The summed E-state index contributed by atoms with van der Waals surface area (Å²) in [5.74, 6) is -0.219. The first-order valence-electron chi connectivity index (χ1n) is 5.84. The Morgan fingerprint density at radius 1 is 1.28 bits per heavy atom. The van der Waals surface area contributed by atoms with Crippen LogP contribution < -0.4 is 5.32 Å². The fraction of sp³-hybridized carbons (Fsp3) is 0.286. The Morgan fingerprint density at radius 3 is 2.72 bits per heavy atom. The Balaban J connectivity index is 2.18. The fourth-order valence-electron chi connectivity index (χ4n) is 1.61. The SMILES string of the molecule is CC(C)NCc1ccc(-c2ccc(F)cc2Br)s1. The van der Waals surface area contributed by atoms with Crippen LogP contribution in [-0.4, -0.2) is 6.04 Å². The molecular formula is C14H15BrFNS. The molecule has 0 unspecified atom stereocenters. The quantitative estimate of drug-likeness (QED) is 0.849. The molecule has 2 rings (SSSR count). The van der Waals surface area contributed by atoms with Gasteiger partial charge in [-0.25, -0.2) is 4.39 Å². The molecule has 0 fully saturated rings. The minimum atomic E-state index is -0.219. The number of rotatable bonds is 4. The van der Waals surface area contributed by atoms with Gasteiger partial charge in [0.2, 0.25) is 0 Å². The predicted octanol–water partition coefficient (Wildman–Crippen LogP) is 4.81. The highest BCUT2D eigenvalue weighted by Gasteiger charge is 2.07. The largest absolute Gasteiger partial charge is 0.310 e. The van der Waals surface area contributed by atoms with Gasteiger partial charge in [0.15, 0.2) is 0 Å². The van der Waals surface area contributed by atoms with Gasteiger partial charge in [0.25, 0.3) is 0 Å². The molecule has 4 heteroatoms. The van der Waals surface area contributed by atoms with Gasteiger partial charge in [0, 0.05) is 32.4 Å². The van der Waals surface area contributed by atoms with E-state index in [2.05, 4.69) is 47.2 Å². The van der Waals surface area contributed by atoms with Crippen molar-refractivity contribution in [1.29, 1.82) is 0 Å². The minimum Gasteiger partial charge on any atom is -0.310 e. The highest BCUT2D eigenvalue weighted by Crippen LogP contribution is 2.33. The van der Waals surface area contributed by atoms with Gasteiger partial charge in [0.05, 0.1) is 0 Å². The summed E-state index contributed by atoms with van der Waals surface area (Å²) in [4.78, 5) is 2.44. The molecule has 1 aromatic heterocycles. The maximum absolute atomic E-state index is 13.0. The third kappa shape index (κ3) is 3.40. The van der Waals surface area contributed by atoms with Crippen molar-refractivity contribution in [2.24, 2.45) is 0 Å². The number of benzene rings is 1. The maximum Gasteiger partial charge on any atom is 0.124 e. The zero-order valence-electron chi connectivity index (χ0n) is 10.3. The summed E-state index contributed by atoms with van der Waals surface area (Å²) >= 11 is 5.14. The van der Waals surface area contributed by atoms with E-state index in [1.54, 1.807) is 11.3 Å². The molecule has 96 valence electrons. The van der Waals surface area contributed by atoms with E-state index in [1.165, 1.54) is 17.0 Å². The van der Waals surface area contributed by atoms with E-state index < -0.39 is 0 Å². The second-order valence-electron chi connectivity index (χ2n) is 4.43. The summed E-state index contributed by atoms with van der Waals surface area (Å²) in [7, 11) is 0. The van der Waals surface area contributed by atoms with Crippen LogP contribution in [-0.2, 0) is 6.54 Å². The van der Waals surface area contributed by atoms with Crippen molar-refractivity contribution in [3.8, 4) is 10.4 Å². The van der Waals surface area contributed by atoms with Crippen LogP contribution in [0.3, 0.4) is 0 Å². The third-order valence-electron chi connectivity index (χ3n) is 2.54. The number of hydrogen-bond donors (Lipinski definition) is 1. The zero-order valence-corrected chi connectivity index (χ0v) is 12.7. The van der Waals surface area contributed by atoms with Crippen molar-refractivity contribution in [2.45, 2.75) is 26.4 Å². The second-order valence-corrected chi connectivity index (χ2v) is 6.45. The van der Waals surface area contributed by atoms with E-state index in [-0.39, 0.29) is 5.82 Å². The normalized spacial score (nSPS) is 11.2. The lowest BCUT2D eigenvalue weighted by Gasteiger charge is -2.05. The van der Waals surface area contributed by atoms with Crippen LogP contribution in [0.25, 0.3) is 10.4 Å². The van der Waals surface area contributed by atoms with Gasteiger partial charge in [-0.15, -0.1) is 11.3 Å². The van der Waals surface area contributed by atoms with E-state index >= 15 is 0 Å². The van der Waals surface area contributed by atoms with Crippen LogP contribution in [0.2, 0.25) is 0 Å². The second kappa shape index (κ2) is 5.95. The molecule has 18 heavy (non-hydrogen) atoms. The lowest BCUT2D eigenvalue weighted by molar-refractivity contribution is 0.593. The monoisotopic (exact) mass is 327 g/mol. The molecule has 0 bridgehead atoms. The molecule has 0 aliphatic heterocycles. The fourth-order valence-corrected chi connectivity index (χ4v) is 3.31. The molecule has 0 aliphatic rings. The van der Waals surface area contributed by atoms with Crippen molar-refractivity contribution in [1.82, 2.24) is 5.32 Å². The van der Waals surface area contributed by atoms with Gasteiger partial charge in [-0.3, -0.25) is 0 Å². The van der Waals surface area contributed by atoms with E-state index in [1.807, 2.05) is 6.07 Å². The molecule has 2 aromatic rings. The van der Waals surface area contributed by atoms with Crippen molar-refractivity contribution < 1.29 is 4.39 Å². The third-order valence-corrected chi connectivity index (χ3v) is 4.32. The van der Waals surface area contributed by atoms with Crippen LogP contribution in [0.15, 0.2) is 34.8 Å². The van der Waals surface area contributed by atoms with Gasteiger partial charge in [-0.2, -0.15) is 0 Å². The molecule has 1 aromatic carbocycles. The van der Waals surface area contributed by atoms with Gasteiger partial charge in [0.1, 0.15) is 5.82 Å². The number of halogens is 2. The molecule has 0 spiro atoms. The molecule has 0 aliphatic carbocycles. The Bertz CT molecular complexity index is 536. The predicted molar refractivity (Wildman–Crippen MR) is 79.4 cm³/mol. The highest BCUT2D eigenvalue weighted by molar-refractivity contribution is 9.10. The summed E-state index contributed by atoms with van der Waals surface area (Å²) < 4.78 is 13.8. The average molecular weight is 328 g/mol. The van der Waals surface area contributed by atoms with E-state index in [9.17, 15) is 4.39 Å². The Kier molecular flexibility index (Phi) is 4.54. The summed E-state index contributed by atoms with van der Waals surface area (Å²) in [5.41, 5.74) is 1.04. The van der Waals surface area contributed by atoms with Crippen LogP contribution >= 0.6 is 27.3 Å². The van der Waals surface area contributed by atoms with Gasteiger partial charge >= 0.3 is 0 Å². The molecule has 0 saturated carbocycles. The molecule has 1 heterocycles. The first kappa shape index (κ1) is 13.7. The van der Waals surface area contributed by atoms with Crippen LogP contribution in [0, 0.1) is 5.82 Å². The number of hydrogen-bond acceptors (Lipinski definition) is 2. The smallest absolute Gasteiger partial charge is 0.124 e. The zero-order chi connectivity index (χ0) is 13.1. The topological polar surface area (TPSA) is 12.0 Å². The van der Waals surface area contributed by atoms with Gasteiger partial charge in [-0.1, -0.05) is 29.8 Å². The van der Waals surface area contributed by atoms with Crippen LogP contribution in [0.1, 0.15) is 18.7 Å². The van der Waals surface area contributed by atoms with Crippen molar-refractivity contribution in [3.05, 3.63) is 45.5 Å². The summed E-state index contributed by atoms with van der Waals surface area (Å²) in [6.45, 7) is 5.14. The summed E-state index contributed by atoms with van der Waals surface area (Å²) in [6, 6.07) is 9.48. The summed E-state index contributed by atoms with van der Waals surface area (Å²) in [6.07, 6.45) is 0. The number of nitrogens with one attached hydrogen (secondary N) is 1. The minimum absolute atomic E-state index is 0.219. The van der Waals surface area contributed by atoms with Crippen molar-refractivity contribution >= 4 is 27.3 Å². The van der Waals surface area contributed by atoms with E-state index in [4.69, 9.17) is 0 Å². The molecule has 0 amide bonds. The Hall–Kier alpha value is -0.710. The number of thiophene rings is 1. The van der Waals surface area contributed by atoms with Gasteiger partial charge in [-0.05, 0) is 30.3 Å². The lowest BCUT2D eigenvalue weighted by atomic mass is 10.2. The molecular weight excluding hydrogens is 313 g/mol. The highest BCUT2D eigenvalue weighted by atomic mass is 79.9. The molecule has 0 saturated heterocycles. The first-order chi connectivity index (χ1) is 8.56.